The van der Waals surface area contributed by atoms with Crippen molar-refractivity contribution >= 4 is 17.4 Å². The molecule has 0 spiro atoms. The highest BCUT2D eigenvalue weighted by Crippen LogP contribution is 2.10. The van der Waals surface area contributed by atoms with Gasteiger partial charge in [-0.25, -0.2) is 4.98 Å². The maximum Gasteiger partial charge on any atom is 0.126 e. The Morgan fingerprint density at radius 1 is 1.20 bits per heavy atom. The SMILES string of the molecule is N#Cc1ccc(NCCOCc2ccc(Cl)cc2)nc1. The van der Waals surface area contributed by atoms with Crippen molar-refractivity contribution in [2.24, 2.45) is 0 Å². The van der Waals surface area contributed by atoms with E-state index in [1.807, 2.05) is 30.3 Å². The molecule has 102 valence electrons. The minimum atomic E-state index is 0.550. The highest BCUT2D eigenvalue weighted by Gasteiger charge is 1.96. The summed E-state index contributed by atoms with van der Waals surface area (Å²) in [7, 11) is 0. The zero-order valence-corrected chi connectivity index (χ0v) is 11.6. The van der Waals surface area contributed by atoms with Crippen LogP contribution in [0.4, 0.5) is 5.82 Å². The van der Waals surface area contributed by atoms with E-state index in [1.165, 1.54) is 6.20 Å². The molecule has 0 aliphatic rings. The molecule has 20 heavy (non-hydrogen) atoms. The second-order valence-corrected chi connectivity index (χ2v) is 4.59. The lowest BCUT2D eigenvalue weighted by Gasteiger charge is -2.07. The van der Waals surface area contributed by atoms with E-state index in [9.17, 15) is 0 Å². The summed E-state index contributed by atoms with van der Waals surface area (Å²) in [6.07, 6.45) is 1.54. The van der Waals surface area contributed by atoms with E-state index < -0.39 is 0 Å². The monoisotopic (exact) mass is 287 g/mol. The smallest absolute Gasteiger partial charge is 0.126 e. The third-order valence-electron chi connectivity index (χ3n) is 2.63. The molecule has 0 fully saturated rings. The van der Waals surface area contributed by atoms with Crippen molar-refractivity contribution in [2.75, 3.05) is 18.5 Å². The van der Waals surface area contributed by atoms with Gasteiger partial charge >= 0.3 is 0 Å². The third kappa shape index (κ3) is 4.54. The van der Waals surface area contributed by atoms with Gasteiger partial charge in [-0.3, -0.25) is 0 Å². The fourth-order valence-corrected chi connectivity index (χ4v) is 1.71. The zero-order valence-electron chi connectivity index (χ0n) is 10.8. The van der Waals surface area contributed by atoms with Crippen molar-refractivity contribution in [2.45, 2.75) is 6.61 Å². The standard InChI is InChI=1S/C15H14ClN3O/c16-14-4-1-12(2-5-14)11-20-8-7-18-15-6-3-13(9-17)10-19-15/h1-6,10H,7-8,11H2,(H,18,19). The maximum atomic E-state index is 8.66. The van der Waals surface area contributed by atoms with E-state index in [0.29, 0.717) is 25.3 Å². The van der Waals surface area contributed by atoms with Crippen molar-refractivity contribution in [1.82, 2.24) is 4.98 Å². The van der Waals surface area contributed by atoms with Crippen LogP contribution in [0.15, 0.2) is 42.6 Å². The number of nitriles is 1. The van der Waals surface area contributed by atoms with Gasteiger partial charge in [0.05, 0.1) is 18.8 Å². The van der Waals surface area contributed by atoms with E-state index in [-0.39, 0.29) is 0 Å². The zero-order chi connectivity index (χ0) is 14.2. The number of halogens is 1. The van der Waals surface area contributed by atoms with Crippen LogP contribution in [0, 0.1) is 11.3 Å². The molecule has 0 radical (unpaired) electrons. The van der Waals surface area contributed by atoms with Crippen LogP contribution in [-0.2, 0) is 11.3 Å². The third-order valence-corrected chi connectivity index (χ3v) is 2.88. The Balaban J connectivity index is 1.66. The molecule has 0 saturated carbocycles. The van der Waals surface area contributed by atoms with Gasteiger partial charge in [-0.1, -0.05) is 23.7 Å². The van der Waals surface area contributed by atoms with E-state index in [2.05, 4.69) is 10.3 Å². The molecule has 0 saturated heterocycles. The van der Waals surface area contributed by atoms with E-state index in [4.69, 9.17) is 21.6 Å². The largest absolute Gasteiger partial charge is 0.375 e. The van der Waals surface area contributed by atoms with Gasteiger partial charge in [-0.15, -0.1) is 0 Å². The summed E-state index contributed by atoms with van der Waals surface area (Å²) in [5, 5.41) is 12.5. The molecule has 0 unspecified atom stereocenters. The average molecular weight is 288 g/mol. The highest BCUT2D eigenvalue weighted by molar-refractivity contribution is 6.30. The molecule has 2 rings (SSSR count). The summed E-state index contributed by atoms with van der Waals surface area (Å²) in [5.74, 6) is 0.735. The van der Waals surface area contributed by atoms with Crippen LogP contribution >= 0.6 is 11.6 Å². The van der Waals surface area contributed by atoms with Crippen molar-refractivity contribution in [3.8, 4) is 6.07 Å². The number of hydrogen-bond donors (Lipinski definition) is 1. The second kappa shape index (κ2) is 7.49. The molecule has 4 nitrogen and oxygen atoms in total. The first-order valence-electron chi connectivity index (χ1n) is 6.20. The predicted molar refractivity (Wildman–Crippen MR) is 78.5 cm³/mol. The van der Waals surface area contributed by atoms with Crippen LogP contribution < -0.4 is 5.32 Å². The lowest BCUT2D eigenvalue weighted by Crippen LogP contribution is -2.10. The first-order chi connectivity index (χ1) is 9.78. The summed E-state index contributed by atoms with van der Waals surface area (Å²) >= 11 is 5.81. The number of nitrogens with one attached hydrogen (secondary N) is 1. The molecule has 2 aromatic rings. The van der Waals surface area contributed by atoms with Gasteiger partial charge in [-0.05, 0) is 29.8 Å². The van der Waals surface area contributed by atoms with Crippen molar-refractivity contribution in [3.05, 3.63) is 58.7 Å². The molecule has 1 N–H and O–H groups in total. The van der Waals surface area contributed by atoms with Crippen molar-refractivity contribution < 1.29 is 4.74 Å². The average Bonchev–Trinajstić information content (AvgIpc) is 2.49. The Morgan fingerprint density at radius 3 is 2.65 bits per heavy atom. The Kier molecular flexibility index (Phi) is 5.36. The highest BCUT2D eigenvalue weighted by atomic mass is 35.5. The van der Waals surface area contributed by atoms with E-state index in [1.54, 1.807) is 12.1 Å². The van der Waals surface area contributed by atoms with E-state index in [0.717, 1.165) is 16.4 Å². The summed E-state index contributed by atoms with van der Waals surface area (Å²) in [6, 6.07) is 13.1. The van der Waals surface area contributed by atoms with Crippen LogP contribution in [0.25, 0.3) is 0 Å². The molecule has 1 aromatic heterocycles. The first kappa shape index (κ1) is 14.3. The molecule has 1 aromatic carbocycles. The molecule has 1 heterocycles. The predicted octanol–water partition coefficient (Wildman–Crippen LogP) is 3.24. The summed E-state index contributed by atoms with van der Waals surface area (Å²) in [5.41, 5.74) is 1.64. The molecule has 0 bridgehead atoms. The number of nitrogens with zero attached hydrogens (tertiary/aromatic N) is 2. The van der Waals surface area contributed by atoms with Gasteiger partial charge in [-0.2, -0.15) is 5.26 Å². The Hall–Kier alpha value is -2.09. The van der Waals surface area contributed by atoms with Crippen molar-refractivity contribution in [1.29, 1.82) is 5.26 Å². The molecule has 0 aliphatic heterocycles. The van der Waals surface area contributed by atoms with E-state index >= 15 is 0 Å². The normalized spacial score (nSPS) is 10.0. The fraction of sp³-hybridized carbons (Fsp3) is 0.200. The molecular weight excluding hydrogens is 274 g/mol. The van der Waals surface area contributed by atoms with Gasteiger partial charge < -0.3 is 10.1 Å². The maximum absolute atomic E-state index is 8.66. The minimum absolute atomic E-state index is 0.550. The number of ether oxygens (including phenoxy) is 1. The topological polar surface area (TPSA) is 57.9 Å². The van der Waals surface area contributed by atoms with Gasteiger partial charge in [0.25, 0.3) is 0 Å². The van der Waals surface area contributed by atoms with Gasteiger partial charge in [0, 0.05) is 17.8 Å². The van der Waals surface area contributed by atoms with Crippen LogP contribution in [0.5, 0.6) is 0 Å². The summed E-state index contributed by atoms with van der Waals surface area (Å²) in [6.45, 7) is 1.79. The number of benzene rings is 1. The molecular formula is C15H14ClN3O. The van der Waals surface area contributed by atoms with Gasteiger partial charge in [0.15, 0.2) is 0 Å². The molecule has 5 heteroatoms. The number of anilines is 1. The number of pyridine rings is 1. The number of rotatable bonds is 6. The van der Waals surface area contributed by atoms with Crippen LogP contribution in [0.1, 0.15) is 11.1 Å². The minimum Gasteiger partial charge on any atom is -0.375 e. The fourth-order valence-electron chi connectivity index (χ4n) is 1.59. The molecule has 0 amide bonds. The Labute approximate surface area is 123 Å². The Morgan fingerprint density at radius 2 is 2.00 bits per heavy atom. The van der Waals surface area contributed by atoms with Crippen LogP contribution in [0.3, 0.4) is 0 Å². The van der Waals surface area contributed by atoms with Gasteiger partial charge in [0.1, 0.15) is 11.9 Å². The lowest BCUT2D eigenvalue weighted by atomic mass is 10.2. The number of hydrogen-bond acceptors (Lipinski definition) is 4. The second-order valence-electron chi connectivity index (χ2n) is 4.15. The number of aromatic nitrogens is 1. The van der Waals surface area contributed by atoms with Crippen LogP contribution in [0.2, 0.25) is 5.02 Å². The quantitative estimate of drug-likeness (QED) is 0.829. The van der Waals surface area contributed by atoms with Crippen molar-refractivity contribution in [3.63, 3.8) is 0 Å². The summed E-state index contributed by atoms with van der Waals surface area (Å²) in [4.78, 5) is 4.11. The lowest BCUT2D eigenvalue weighted by molar-refractivity contribution is 0.130. The summed E-state index contributed by atoms with van der Waals surface area (Å²) < 4.78 is 5.54. The first-order valence-corrected chi connectivity index (χ1v) is 6.58. The van der Waals surface area contributed by atoms with Gasteiger partial charge in [0.2, 0.25) is 0 Å². The molecule has 0 atom stereocenters. The Bertz CT molecular complexity index is 576. The molecule has 0 aliphatic carbocycles. The van der Waals surface area contributed by atoms with Crippen LogP contribution in [-0.4, -0.2) is 18.1 Å².